The summed E-state index contributed by atoms with van der Waals surface area (Å²) in [4.78, 5) is 10.2. The molecule has 1 aromatic rings. The Hall–Kier alpha value is -0.290. The molecule has 0 N–H and O–H groups in total. The molecule has 0 unspecified atom stereocenters. The zero-order chi connectivity index (χ0) is 10.9. The number of aldehydes is 1. The molecular weight excluding hydrogens is 270 g/mol. The minimum atomic E-state index is -4.02. The van der Waals surface area contributed by atoms with Gasteiger partial charge < -0.3 is 0 Å². The Morgan fingerprint density at radius 2 is 1.79 bits per heavy atom. The van der Waals surface area contributed by atoms with Crippen molar-refractivity contribution < 1.29 is 13.2 Å². The molecule has 0 heterocycles. The zero-order valence-corrected chi connectivity index (χ0v) is 9.58. The Morgan fingerprint density at radius 3 is 2.21 bits per heavy atom. The first-order valence-corrected chi connectivity index (χ1v) is 6.31. The van der Waals surface area contributed by atoms with E-state index in [4.69, 9.17) is 33.9 Å². The number of hydrogen-bond donors (Lipinski definition) is 0. The molecule has 14 heavy (non-hydrogen) atoms. The largest absolute Gasteiger partial charge is 0.298 e. The standard InChI is InChI=1S/C7H3Cl3O3S/c8-4-1-6(9)5(3-11)7(2-4)14(10,12)13/h1-3H. The topological polar surface area (TPSA) is 51.2 Å². The summed E-state index contributed by atoms with van der Waals surface area (Å²) in [5.41, 5.74) is -0.189. The van der Waals surface area contributed by atoms with E-state index in [1.807, 2.05) is 0 Å². The van der Waals surface area contributed by atoms with Crippen molar-refractivity contribution in [3.05, 3.63) is 27.7 Å². The zero-order valence-electron chi connectivity index (χ0n) is 6.50. The monoisotopic (exact) mass is 272 g/mol. The van der Waals surface area contributed by atoms with Crippen LogP contribution in [0.2, 0.25) is 10.0 Å². The second-order valence-corrected chi connectivity index (χ2v) is 5.73. The predicted octanol–water partition coefficient (Wildman–Crippen LogP) is 2.73. The normalized spacial score (nSPS) is 11.4. The maximum atomic E-state index is 11.0. The third-order valence-corrected chi connectivity index (χ3v) is 3.33. The van der Waals surface area contributed by atoms with E-state index in [1.54, 1.807) is 0 Å². The molecule has 0 atom stereocenters. The van der Waals surface area contributed by atoms with Gasteiger partial charge >= 0.3 is 0 Å². The van der Waals surface area contributed by atoms with Gasteiger partial charge in [-0.15, -0.1) is 0 Å². The summed E-state index contributed by atoms with van der Waals surface area (Å²) in [5, 5.41) is 0.0477. The van der Waals surface area contributed by atoms with E-state index in [2.05, 4.69) is 0 Å². The van der Waals surface area contributed by atoms with Crippen LogP contribution in [-0.2, 0) is 9.05 Å². The van der Waals surface area contributed by atoms with Gasteiger partial charge in [-0.05, 0) is 12.1 Å². The van der Waals surface area contributed by atoms with Crippen molar-refractivity contribution in [1.82, 2.24) is 0 Å². The van der Waals surface area contributed by atoms with E-state index in [9.17, 15) is 13.2 Å². The molecule has 0 aliphatic rings. The maximum absolute atomic E-state index is 11.0. The van der Waals surface area contributed by atoms with Crippen LogP contribution in [0.5, 0.6) is 0 Å². The van der Waals surface area contributed by atoms with Gasteiger partial charge in [0.05, 0.1) is 15.5 Å². The summed E-state index contributed by atoms with van der Waals surface area (Å²) in [6, 6.07) is 2.33. The lowest BCUT2D eigenvalue weighted by molar-refractivity contribution is 0.112. The van der Waals surface area contributed by atoms with Crippen LogP contribution in [-0.4, -0.2) is 14.7 Å². The van der Waals surface area contributed by atoms with E-state index >= 15 is 0 Å². The SMILES string of the molecule is O=Cc1c(Cl)cc(Cl)cc1S(=O)(=O)Cl. The lowest BCUT2D eigenvalue weighted by Crippen LogP contribution is -1.98. The van der Waals surface area contributed by atoms with E-state index in [-0.39, 0.29) is 20.5 Å². The highest BCUT2D eigenvalue weighted by atomic mass is 35.7. The van der Waals surface area contributed by atoms with Crippen molar-refractivity contribution >= 4 is 49.2 Å². The molecule has 0 aliphatic heterocycles. The molecule has 0 aromatic heterocycles. The van der Waals surface area contributed by atoms with Crippen molar-refractivity contribution in [2.45, 2.75) is 4.90 Å². The molecule has 0 spiro atoms. The molecule has 0 amide bonds. The fourth-order valence-corrected chi connectivity index (χ4v) is 2.61. The first-order valence-electron chi connectivity index (χ1n) is 3.25. The molecule has 1 rings (SSSR count). The molecule has 7 heteroatoms. The van der Waals surface area contributed by atoms with Crippen LogP contribution in [0.1, 0.15) is 10.4 Å². The minimum Gasteiger partial charge on any atom is -0.298 e. The van der Waals surface area contributed by atoms with Gasteiger partial charge in [0.1, 0.15) is 0 Å². The van der Waals surface area contributed by atoms with Crippen LogP contribution in [0.15, 0.2) is 17.0 Å². The molecule has 0 saturated heterocycles. The molecule has 0 bridgehead atoms. The first kappa shape index (κ1) is 11.8. The smallest absolute Gasteiger partial charge is 0.262 e. The van der Waals surface area contributed by atoms with E-state index in [0.29, 0.717) is 6.29 Å². The van der Waals surface area contributed by atoms with Crippen molar-refractivity contribution in [1.29, 1.82) is 0 Å². The van der Waals surface area contributed by atoms with Crippen LogP contribution >= 0.6 is 33.9 Å². The van der Waals surface area contributed by atoms with Gasteiger partial charge in [-0.3, -0.25) is 4.79 Å². The number of hydrogen-bond acceptors (Lipinski definition) is 3. The molecule has 3 nitrogen and oxygen atoms in total. The van der Waals surface area contributed by atoms with E-state index in [0.717, 1.165) is 6.07 Å². The molecule has 1 aromatic carbocycles. The second kappa shape index (κ2) is 4.06. The van der Waals surface area contributed by atoms with Crippen molar-refractivity contribution in [3.63, 3.8) is 0 Å². The highest BCUT2D eigenvalue weighted by Crippen LogP contribution is 2.29. The third-order valence-electron chi connectivity index (χ3n) is 1.44. The summed E-state index contributed by atoms with van der Waals surface area (Å²) in [7, 11) is 1.06. The van der Waals surface area contributed by atoms with Gasteiger partial charge in [0.15, 0.2) is 6.29 Å². The summed E-state index contributed by atoms with van der Waals surface area (Å²) in [6.45, 7) is 0. The second-order valence-electron chi connectivity index (χ2n) is 2.36. The average Bonchev–Trinajstić information content (AvgIpc) is 2.01. The van der Waals surface area contributed by atoms with Crippen LogP contribution in [0.3, 0.4) is 0 Å². The number of benzene rings is 1. The fraction of sp³-hybridized carbons (Fsp3) is 0. The van der Waals surface area contributed by atoms with Crippen LogP contribution < -0.4 is 0 Å². The summed E-state index contributed by atoms with van der Waals surface area (Å²) in [6.07, 6.45) is 0.313. The van der Waals surface area contributed by atoms with Gasteiger partial charge in [0.25, 0.3) is 9.05 Å². The molecule has 0 saturated carbocycles. The highest BCUT2D eigenvalue weighted by molar-refractivity contribution is 8.13. The Kier molecular flexibility index (Phi) is 3.42. The van der Waals surface area contributed by atoms with Crippen molar-refractivity contribution in [3.8, 4) is 0 Å². The fourth-order valence-electron chi connectivity index (χ4n) is 0.877. The Bertz CT molecular complexity index is 481. The van der Waals surface area contributed by atoms with Gasteiger partial charge in [0, 0.05) is 15.7 Å². The predicted molar refractivity (Wildman–Crippen MR) is 54.9 cm³/mol. The van der Waals surface area contributed by atoms with Gasteiger partial charge in [-0.25, -0.2) is 8.42 Å². The Balaban J connectivity index is 3.65. The third kappa shape index (κ3) is 2.39. The number of carbonyl (C=O) groups excluding carboxylic acids is 1. The molecule has 0 radical (unpaired) electrons. The van der Waals surface area contributed by atoms with Crippen LogP contribution in [0.4, 0.5) is 0 Å². The van der Waals surface area contributed by atoms with Crippen LogP contribution in [0, 0.1) is 0 Å². The van der Waals surface area contributed by atoms with E-state index < -0.39 is 9.05 Å². The van der Waals surface area contributed by atoms with E-state index in [1.165, 1.54) is 6.07 Å². The first-order chi connectivity index (χ1) is 6.36. The van der Waals surface area contributed by atoms with Gasteiger partial charge in [-0.1, -0.05) is 23.2 Å². The molecule has 0 aliphatic carbocycles. The van der Waals surface area contributed by atoms with Crippen LogP contribution in [0.25, 0.3) is 0 Å². The molecule has 76 valence electrons. The maximum Gasteiger partial charge on any atom is 0.262 e. The quantitative estimate of drug-likeness (QED) is 0.615. The number of carbonyl (C=O) groups is 1. The summed E-state index contributed by atoms with van der Waals surface area (Å²) >= 11 is 11.2. The van der Waals surface area contributed by atoms with Gasteiger partial charge in [0.2, 0.25) is 0 Å². The van der Waals surface area contributed by atoms with Crippen molar-refractivity contribution in [2.24, 2.45) is 0 Å². The lowest BCUT2D eigenvalue weighted by atomic mass is 10.2. The molecular formula is C7H3Cl3O3S. The summed E-state index contributed by atoms with van der Waals surface area (Å²) < 4.78 is 22.0. The molecule has 0 fully saturated rings. The number of halogens is 3. The average molecular weight is 274 g/mol. The highest BCUT2D eigenvalue weighted by Gasteiger charge is 2.18. The van der Waals surface area contributed by atoms with Gasteiger partial charge in [-0.2, -0.15) is 0 Å². The summed E-state index contributed by atoms with van der Waals surface area (Å²) in [5.74, 6) is 0. The minimum absolute atomic E-state index is 0.0493. The number of rotatable bonds is 2. The Morgan fingerprint density at radius 1 is 1.21 bits per heavy atom. The lowest BCUT2D eigenvalue weighted by Gasteiger charge is -2.03. The Labute approximate surface area is 95.0 Å². The van der Waals surface area contributed by atoms with Crippen molar-refractivity contribution in [2.75, 3.05) is 0 Å².